The van der Waals surface area contributed by atoms with Crippen LogP contribution < -0.4 is 5.32 Å². The van der Waals surface area contributed by atoms with Crippen LogP contribution in [-0.2, 0) is 17.9 Å². The molecule has 0 fully saturated rings. The van der Waals surface area contributed by atoms with Gasteiger partial charge in [-0.1, -0.05) is 0 Å². The number of hydrogen-bond acceptors (Lipinski definition) is 3. The largest absolute Gasteiger partial charge is 0.467 e. The molecule has 5 heteroatoms. The maximum absolute atomic E-state index is 12.3. The lowest BCUT2D eigenvalue weighted by atomic mass is 10.1. The molecule has 20 heavy (non-hydrogen) atoms. The molecule has 0 bridgehead atoms. The summed E-state index contributed by atoms with van der Waals surface area (Å²) in [5, 5.41) is 2.72. The van der Waals surface area contributed by atoms with E-state index in [1.165, 1.54) is 6.92 Å². The van der Waals surface area contributed by atoms with Crippen molar-refractivity contribution in [1.82, 2.24) is 4.90 Å². The van der Waals surface area contributed by atoms with Crippen molar-refractivity contribution in [1.29, 1.82) is 0 Å². The summed E-state index contributed by atoms with van der Waals surface area (Å²) in [5.41, 5.74) is 2.32. The Labute approximate surface area is 116 Å². The highest BCUT2D eigenvalue weighted by Gasteiger charge is 2.28. The Morgan fingerprint density at radius 3 is 2.95 bits per heavy atom. The lowest BCUT2D eigenvalue weighted by Crippen LogP contribution is -2.22. The number of anilines is 1. The van der Waals surface area contributed by atoms with Gasteiger partial charge >= 0.3 is 0 Å². The maximum Gasteiger partial charge on any atom is 0.254 e. The summed E-state index contributed by atoms with van der Waals surface area (Å²) < 4.78 is 5.27. The zero-order valence-electron chi connectivity index (χ0n) is 11.1. The number of nitrogens with zero attached hydrogens (tertiary/aromatic N) is 1. The van der Waals surface area contributed by atoms with Crippen LogP contribution in [-0.4, -0.2) is 16.7 Å². The standard InChI is InChI=1S/C15H14N2O3/c1-10(18)16-12-4-5-14-11(7-12)8-17(15(14)19)9-13-3-2-6-20-13/h2-7H,8-9H2,1H3,(H,16,18). The van der Waals surface area contributed by atoms with Gasteiger partial charge in [-0.25, -0.2) is 0 Å². The number of hydrogen-bond donors (Lipinski definition) is 1. The van der Waals surface area contributed by atoms with E-state index in [4.69, 9.17) is 4.42 Å². The fourth-order valence-corrected chi connectivity index (χ4v) is 2.38. The zero-order valence-corrected chi connectivity index (χ0v) is 11.1. The topological polar surface area (TPSA) is 62.6 Å². The Morgan fingerprint density at radius 1 is 1.40 bits per heavy atom. The van der Waals surface area contributed by atoms with Crippen molar-refractivity contribution in [3.8, 4) is 0 Å². The van der Waals surface area contributed by atoms with Gasteiger partial charge in [-0.15, -0.1) is 0 Å². The molecule has 3 rings (SSSR count). The first kappa shape index (κ1) is 12.5. The normalized spacial score (nSPS) is 13.4. The SMILES string of the molecule is CC(=O)Nc1ccc2c(c1)CN(Cc1ccco1)C2=O. The van der Waals surface area contributed by atoms with Crippen LogP contribution in [0.1, 0.15) is 28.6 Å². The lowest BCUT2D eigenvalue weighted by Gasteiger charge is -2.13. The number of furan rings is 1. The van der Waals surface area contributed by atoms with E-state index in [1.54, 1.807) is 29.4 Å². The van der Waals surface area contributed by atoms with Crippen molar-refractivity contribution in [2.24, 2.45) is 0 Å². The molecule has 1 N–H and O–H groups in total. The van der Waals surface area contributed by atoms with Crippen LogP contribution in [0.15, 0.2) is 41.0 Å². The van der Waals surface area contributed by atoms with Gasteiger partial charge in [-0.05, 0) is 35.9 Å². The van der Waals surface area contributed by atoms with Crippen molar-refractivity contribution < 1.29 is 14.0 Å². The summed E-state index contributed by atoms with van der Waals surface area (Å²) in [5.74, 6) is 0.626. The molecule has 1 aromatic heterocycles. The first-order chi connectivity index (χ1) is 9.63. The Balaban J connectivity index is 1.80. The van der Waals surface area contributed by atoms with E-state index in [2.05, 4.69) is 5.32 Å². The molecule has 0 radical (unpaired) electrons. The Kier molecular flexibility index (Phi) is 3.02. The molecule has 1 aliphatic heterocycles. The minimum absolute atomic E-state index is 0.00854. The van der Waals surface area contributed by atoms with Crippen LogP contribution in [0.3, 0.4) is 0 Å². The lowest BCUT2D eigenvalue weighted by molar-refractivity contribution is -0.114. The summed E-state index contributed by atoms with van der Waals surface area (Å²) in [4.78, 5) is 25.0. The van der Waals surface area contributed by atoms with Crippen LogP contribution in [0, 0.1) is 0 Å². The van der Waals surface area contributed by atoms with Gasteiger partial charge < -0.3 is 14.6 Å². The highest BCUT2D eigenvalue weighted by atomic mass is 16.3. The fraction of sp³-hybridized carbons (Fsp3) is 0.200. The molecular weight excluding hydrogens is 256 g/mol. The van der Waals surface area contributed by atoms with Gasteiger partial charge in [0.2, 0.25) is 5.91 Å². The van der Waals surface area contributed by atoms with Crippen molar-refractivity contribution in [2.45, 2.75) is 20.0 Å². The average molecular weight is 270 g/mol. The minimum atomic E-state index is -0.123. The number of fused-ring (bicyclic) bond motifs is 1. The van der Waals surface area contributed by atoms with Crippen LogP contribution in [0.4, 0.5) is 5.69 Å². The van der Waals surface area contributed by atoms with Gasteiger partial charge in [0.1, 0.15) is 5.76 Å². The second-order valence-electron chi connectivity index (χ2n) is 4.79. The molecule has 102 valence electrons. The summed E-state index contributed by atoms with van der Waals surface area (Å²) >= 11 is 0. The first-order valence-electron chi connectivity index (χ1n) is 6.35. The maximum atomic E-state index is 12.3. The number of carbonyl (C=O) groups is 2. The quantitative estimate of drug-likeness (QED) is 0.931. The van der Waals surface area contributed by atoms with Gasteiger partial charge in [-0.2, -0.15) is 0 Å². The number of carbonyl (C=O) groups excluding carboxylic acids is 2. The molecule has 0 spiro atoms. The van der Waals surface area contributed by atoms with Crippen molar-refractivity contribution in [2.75, 3.05) is 5.32 Å². The first-order valence-corrected chi connectivity index (χ1v) is 6.35. The molecule has 2 aromatic rings. The summed E-state index contributed by atoms with van der Waals surface area (Å²) in [6, 6.07) is 8.99. The van der Waals surface area contributed by atoms with Crippen LogP contribution in [0.2, 0.25) is 0 Å². The van der Waals surface area contributed by atoms with E-state index >= 15 is 0 Å². The van der Waals surface area contributed by atoms with Crippen molar-refractivity contribution in [3.63, 3.8) is 0 Å². The third-order valence-electron chi connectivity index (χ3n) is 3.23. The van der Waals surface area contributed by atoms with Crippen LogP contribution in [0.25, 0.3) is 0 Å². The molecule has 1 aliphatic rings. The molecule has 1 aromatic carbocycles. The third kappa shape index (κ3) is 2.30. The molecule has 5 nitrogen and oxygen atoms in total. The van der Waals surface area contributed by atoms with E-state index in [-0.39, 0.29) is 11.8 Å². The van der Waals surface area contributed by atoms with Gasteiger partial charge in [0.25, 0.3) is 5.91 Å². The molecular formula is C15H14N2O3. The molecule has 0 unspecified atom stereocenters. The van der Waals surface area contributed by atoms with Crippen molar-refractivity contribution >= 4 is 17.5 Å². The van der Waals surface area contributed by atoms with Gasteiger partial charge in [0.05, 0.1) is 12.8 Å². The van der Waals surface area contributed by atoms with E-state index < -0.39 is 0 Å². The molecule has 2 heterocycles. The van der Waals surface area contributed by atoms with E-state index in [9.17, 15) is 9.59 Å². The smallest absolute Gasteiger partial charge is 0.254 e. The van der Waals surface area contributed by atoms with Crippen molar-refractivity contribution in [3.05, 3.63) is 53.5 Å². The monoisotopic (exact) mass is 270 g/mol. The summed E-state index contributed by atoms with van der Waals surface area (Å²) in [7, 11) is 0. The molecule has 0 aliphatic carbocycles. The van der Waals surface area contributed by atoms with E-state index in [1.807, 2.05) is 12.1 Å². The zero-order chi connectivity index (χ0) is 14.1. The highest BCUT2D eigenvalue weighted by Crippen LogP contribution is 2.27. The number of nitrogens with one attached hydrogen (secondary N) is 1. The Hall–Kier alpha value is -2.56. The van der Waals surface area contributed by atoms with E-state index in [0.29, 0.717) is 24.3 Å². The van der Waals surface area contributed by atoms with Gasteiger partial charge in [0, 0.05) is 24.7 Å². The summed E-state index contributed by atoms with van der Waals surface area (Å²) in [6.07, 6.45) is 1.60. The van der Waals surface area contributed by atoms with Crippen LogP contribution in [0.5, 0.6) is 0 Å². The molecule has 0 atom stereocenters. The molecule has 2 amide bonds. The second-order valence-corrected chi connectivity index (χ2v) is 4.79. The van der Waals surface area contributed by atoms with E-state index in [0.717, 1.165) is 11.3 Å². The van der Waals surface area contributed by atoms with Crippen LogP contribution >= 0.6 is 0 Å². The Morgan fingerprint density at radius 2 is 2.25 bits per heavy atom. The molecule has 0 saturated heterocycles. The third-order valence-corrected chi connectivity index (χ3v) is 3.23. The summed E-state index contributed by atoms with van der Waals surface area (Å²) in [6.45, 7) is 2.44. The number of rotatable bonds is 3. The predicted octanol–water partition coefficient (Wildman–Crippen LogP) is 2.39. The predicted molar refractivity (Wildman–Crippen MR) is 73.0 cm³/mol. The second kappa shape index (κ2) is 4.85. The number of amides is 2. The van der Waals surface area contributed by atoms with Gasteiger partial charge in [-0.3, -0.25) is 9.59 Å². The molecule has 0 saturated carbocycles. The Bertz CT molecular complexity index is 662. The van der Waals surface area contributed by atoms with Gasteiger partial charge in [0.15, 0.2) is 0 Å². The number of benzene rings is 1. The highest BCUT2D eigenvalue weighted by molar-refractivity contribution is 5.99. The average Bonchev–Trinajstić information content (AvgIpc) is 2.99. The minimum Gasteiger partial charge on any atom is -0.467 e. The fourth-order valence-electron chi connectivity index (χ4n) is 2.38.